The van der Waals surface area contributed by atoms with Crippen molar-refractivity contribution in [2.24, 2.45) is 7.05 Å². The monoisotopic (exact) mass is 213 g/mol. The van der Waals surface area contributed by atoms with Gasteiger partial charge in [0.25, 0.3) is 0 Å². The lowest BCUT2D eigenvalue weighted by atomic mass is 10.3. The van der Waals surface area contributed by atoms with E-state index in [4.69, 9.17) is 5.26 Å². The largest absolute Gasteiger partial charge is 0.362 e. The van der Waals surface area contributed by atoms with Crippen molar-refractivity contribution in [2.75, 3.05) is 5.32 Å². The zero-order chi connectivity index (χ0) is 11.4. The second-order valence-corrected chi connectivity index (χ2v) is 3.32. The molecule has 0 saturated carbocycles. The molecule has 0 aliphatic carbocycles. The minimum absolute atomic E-state index is 0.539. The Hall–Kier alpha value is -2.35. The van der Waals surface area contributed by atoms with Crippen molar-refractivity contribution < 1.29 is 0 Å². The predicted octanol–water partition coefficient (Wildman–Crippen LogP) is 1.30. The highest BCUT2D eigenvalue weighted by Gasteiger charge is 2.03. The molecule has 16 heavy (non-hydrogen) atoms. The van der Waals surface area contributed by atoms with Gasteiger partial charge < -0.3 is 9.88 Å². The number of nitrogens with one attached hydrogen (secondary N) is 1. The van der Waals surface area contributed by atoms with Crippen LogP contribution in [0.4, 0.5) is 5.82 Å². The average Bonchev–Trinajstić information content (AvgIpc) is 2.72. The molecule has 2 rings (SSSR count). The molecule has 0 amide bonds. The van der Waals surface area contributed by atoms with E-state index in [0.717, 1.165) is 5.82 Å². The van der Waals surface area contributed by atoms with Gasteiger partial charge in [0.1, 0.15) is 17.7 Å². The molecule has 2 aromatic rings. The number of aromatic nitrogens is 3. The Morgan fingerprint density at radius 1 is 1.44 bits per heavy atom. The first-order chi connectivity index (χ1) is 7.81. The molecule has 0 unspecified atom stereocenters. The van der Waals surface area contributed by atoms with Crippen LogP contribution >= 0.6 is 0 Å². The van der Waals surface area contributed by atoms with E-state index in [1.54, 1.807) is 24.5 Å². The topological polar surface area (TPSA) is 66.5 Å². The Morgan fingerprint density at radius 2 is 2.31 bits per heavy atom. The van der Waals surface area contributed by atoms with Crippen LogP contribution < -0.4 is 5.32 Å². The Bertz CT molecular complexity index is 523. The molecule has 0 aromatic carbocycles. The van der Waals surface area contributed by atoms with Crippen molar-refractivity contribution >= 4 is 5.82 Å². The zero-order valence-electron chi connectivity index (χ0n) is 8.88. The van der Waals surface area contributed by atoms with Crippen LogP contribution in [0.2, 0.25) is 0 Å². The quantitative estimate of drug-likeness (QED) is 0.834. The van der Waals surface area contributed by atoms with Gasteiger partial charge in [0.15, 0.2) is 0 Å². The van der Waals surface area contributed by atoms with Gasteiger partial charge in [0.2, 0.25) is 0 Å². The lowest BCUT2D eigenvalue weighted by molar-refractivity contribution is 0.810. The Balaban J connectivity index is 2.11. The fourth-order valence-electron chi connectivity index (χ4n) is 1.37. The number of nitrogens with zero attached hydrogens (tertiary/aromatic N) is 4. The predicted molar refractivity (Wildman–Crippen MR) is 59.5 cm³/mol. The first kappa shape index (κ1) is 10.2. The number of hydrogen-bond donors (Lipinski definition) is 1. The van der Waals surface area contributed by atoms with Crippen LogP contribution in [0.5, 0.6) is 0 Å². The minimum atomic E-state index is 0.539. The normalized spacial score (nSPS) is 9.75. The fourth-order valence-corrected chi connectivity index (χ4v) is 1.37. The maximum absolute atomic E-state index is 8.88. The summed E-state index contributed by atoms with van der Waals surface area (Å²) in [5.41, 5.74) is 0.539. The maximum Gasteiger partial charge on any atom is 0.144 e. The molecule has 0 saturated heterocycles. The third-order valence-corrected chi connectivity index (χ3v) is 2.26. The average molecular weight is 213 g/mol. The van der Waals surface area contributed by atoms with Crippen LogP contribution in [0.25, 0.3) is 0 Å². The molecule has 0 bridgehead atoms. The van der Waals surface area contributed by atoms with Gasteiger partial charge in [-0.1, -0.05) is 0 Å². The van der Waals surface area contributed by atoms with E-state index >= 15 is 0 Å². The Labute approximate surface area is 93.4 Å². The summed E-state index contributed by atoms with van der Waals surface area (Å²) in [7, 11) is 1.92. The molecule has 0 aliphatic heterocycles. The lowest BCUT2D eigenvalue weighted by Gasteiger charge is -2.06. The Kier molecular flexibility index (Phi) is 2.83. The van der Waals surface area contributed by atoms with E-state index < -0.39 is 0 Å². The molecule has 0 aliphatic rings. The van der Waals surface area contributed by atoms with Gasteiger partial charge in [0, 0.05) is 25.6 Å². The number of pyridine rings is 1. The molecule has 0 atom stereocenters. The third-order valence-electron chi connectivity index (χ3n) is 2.26. The number of nitriles is 1. The van der Waals surface area contributed by atoms with Crippen molar-refractivity contribution in [3.8, 4) is 6.07 Å². The van der Waals surface area contributed by atoms with E-state index in [-0.39, 0.29) is 0 Å². The summed E-state index contributed by atoms with van der Waals surface area (Å²) < 4.78 is 1.92. The van der Waals surface area contributed by atoms with E-state index in [1.807, 2.05) is 17.8 Å². The van der Waals surface area contributed by atoms with E-state index in [1.165, 1.54) is 0 Å². The summed E-state index contributed by atoms with van der Waals surface area (Å²) in [6, 6.07) is 5.56. The molecule has 0 fully saturated rings. The zero-order valence-corrected chi connectivity index (χ0v) is 8.88. The fraction of sp³-hybridized carbons (Fsp3) is 0.182. The molecule has 5 heteroatoms. The highest BCUT2D eigenvalue weighted by Crippen LogP contribution is 2.10. The molecule has 2 aromatic heterocycles. The summed E-state index contributed by atoms with van der Waals surface area (Å²) in [5, 5.41) is 12.0. The summed E-state index contributed by atoms with van der Waals surface area (Å²) in [6.07, 6.45) is 5.27. The second-order valence-electron chi connectivity index (χ2n) is 3.32. The van der Waals surface area contributed by atoms with Crippen LogP contribution in [-0.2, 0) is 13.6 Å². The summed E-state index contributed by atoms with van der Waals surface area (Å²) in [5.74, 6) is 1.49. The highest BCUT2D eigenvalue weighted by atomic mass is 15.1. The van der Waals surface area contributed by atoms with Gasteiger partial charge >= 0.3 is 0 Å². The van der Waals surface area contributed by atoms with Crippen molar-refractivity contribution in [1.29, 1.82) is 5.26 Å². The number of hydrogen-bond acceptors (Lipinski definition) is 4. The molecular weight excluding hydrogens is 202 g/mol. The lowest BCUT2D eigenvalue weighted by Crippen LogP contribution is -2.07. The number of rotatable bonds is 3. The third kappa shape index (κ3) is 2.01. The maximum atomic E-state index is 8.88. The molecule has 5 nitrogen and oxygen atoms in total. The van der Waals surface area contributed by atoms with Crippen LogP contribution in [0.1, 0.15) is 11.4 Å². The van der Waals surface area contributed by atoms with Gasteiger partial charge in [-0.15, -0.1) is 0 Å². The minimum Gasteiger partial charge on any atom is -0.362 e. The van der Waals surface area contributed by atoms with Gasteiger partial charge in [-0.3, -0.25) is 0 Å². The van der Waals surface area contributed by atoms with E-state index in [2.05, 4.69) is 21.4 Å². The van der Waals surface area contributed by atoms with Crippen molar-refractivity contribution in [3.63, 3.8) is 0 Å². The number of imidazole rings is 1. The molecule has 0 radical (unpaired) electrons. The molecule has 0 spiro atoms. The van der Waals surface area contributed by atoms with E-state index in [9.17, 15) is 0 Å². The van der Waals surface area contributed by atoms with Crippen LogP contribution in [0.15, 0.2) is 30.7 Å². The number of aryl methyl sites for hydroxylation is 1. The molecule has 80 valence electrons. The van der Waals surface area contributed by atoms with Crippen molar-refractivity contribution in [3.05, 3.63) is 42.1 Å². The van der Waals surface area contributed by atoms with Crippen molar-refractivity contribution in [1.82, 2.24) is 14.5 Å². The smallest absolute Gasteiger partial charge is 0.144 e. The highest BCUT2D eigenvalue weighted by molar-refractivity contribution is 5.51. The van der Waals surface area contributed by atoms with Crippen LogP contribution in [0.3, 0.4) is 0 Å². The van der Waals surface area contributed by atoms with Gasteiger partial charge in [-0.2, -0.15) is 5.26 Å². The van der Waals surface area contributed by atoms with Crippen molar-refractivity contribution in [2.45, 2.75) is 6.54 Å². The van der Waals surface area contributed by atoms with Gasteiger partial charge in [-0.05, 0) is 12.1 Å². The van der Waals surface area contributed by atoms with E-state index in [0.29, 0.717) is 17.9 Å². The molecular formula is C11H11N5. The van der Waals surface area contributed by atoms with Crippen LogP contribution in [0, 0.1) is 11.3 Å². The SMILES string of the molecule is Cn1ccnc1CNc1ncccc1C#N. The first-order valence-electron chi connectivity index (χ1n) is 4.86. The van der Waals surface area contributed by atoms with Gasteiger partial charge in [-0.25, -0.2) is 9.97 Å². The summed E-state index contributed by atoms with van der Waals surface area (Å²) in [6.45, 7) is 0.551. The number of anilines is 1. The molecule has 1 N–H and O–H groups in total. The Morgan fingerprint density at radius 3 is 3.00 bits per heavy atom. The first-order valence-corrected chi connectivity index (χ1v) is 4.86. The summed E-state index contributed by atoms with van der Waals surface area (Å²) >= 11 is 0. The molecule has 2 heterocycles. The standard InChI is InChI=1S/C11H11N5/c1-16-6-5-13-10(16)8-15-11-9(7-12)3-2-4-14-11/h2-6H,8H2,1H3,(H,14,15). The van der Waals surface area contributed by atoms with Crippen LogP contribution in [-0.4, -0.2) is 14.5 Å². The second kappa shape index (κ2) is 4.45. The van der Waals surface area contributed by atoms with Gasteiger partial charge in [0.05, 0.1) is 12.1 Å². The summed E-state index contributed by atoms with van der Waals surface area (Å²) in [4.78, 5) is 8.28.